The van der Waals surface area contributed by atoms with Crippen LogP contribution in [-0.2, 0) is 6.42 Å². The quantitative estimate of drug-likeness (QED) is 0.217. The molecule has 1 unspecified atom stereocenters. The van der Waals surface area contributed by atoms with Crippen molar-refractivity contribution in [3.05, 3.63) is 112 Å². The molecule has 37 heavy (non-hydrogen) atoms. The molecule has 4 aromatic rings. The molecule has 0 aliphatic heterocycles. The lowest BCUT2D eigenvalue weighted by Gasteiger charge is -2.25. The summed E-state index contributed by atoms with van der Waals surface area (Å²) in [6, 6.07) is 24.9. The SMILES string of the molecule is CC(C)(O)CNC(CCc1ccccc1C(=O)O)c1cccc(/C=C/c2ccc3ccc(Cl)cc3n2)c1. The number of aromatic carboxylic acids is 1. The van der Waals surface area contributed by atoms with Gasteiger partial charge in [-0.2, -0.15) is 0 Å². The number of carbonyl (C=O) groups is 1. The van der Waals surface area contributed by atoms with E-state index in [2.05, 4.69) is 17.4 Å². The maximum atomic E-state index is 11.6. The number of aryl methyl sites for hydroxylation is 1. The molecule has 0 aliphatic rings. The number of aliphatic hydroxyl groups is 1. The van der Waals surface area contributed by atoms with Gasteiger partial charge in [0.2, 0.25) is 0 Å². The lowest BCUT2D eigenvalue weighted by molar-refractivity contribution is 0.0695. The van der Waals surface area contributed by atoms with Crippen LogP contribution in [0, 0.1) is 0 Å². The van der Waals surface area contributed by atoms with Crippen molar-refractivity contribution in [2.24, 2.45) is 0 Å². The highest BCUT2D eigenvalue weighted by atomic mass is 35.5. The van der Waals surface area contributed by atoms with E-state index in [0.717, 1.165) is 33.3 Å². The minimum Gasteiger partial charge on any atom is -0.478 e. The first-order valence-corrected chi connectivity index (χ1v) is 12.7. The topological polar surface area (TPSA) is 82.5 Å². The number of nitrogens with zero attached hydrogens (tertiary/aromatic N) is 1. The fourth-order valence-electron chi connectivity index (χ4n) is 4.27. The Morgan fingerprint density at radius 1 is 1.03 bits per heavy atom. The molecule has 5 nitrogen and oxygen atoms in total. The molecule has 0 amide bonds. The maximum Gasteiger partial charge on any atom is 0.335 e. The molecule has 0 saturated heterocycles. The normalized spacial score (nSPS) is 12.8. The first-order chi connectivity index (χ1) is 17.7. The second-order valence-electron chi connectivity index (χ2n) is 9.82. The smallest absolute Gasteiger partial charge is 0.335 e. The fourth-order valence-corrected chi connectivity index (χ4v) is 4.43. The Labute approximate surface area is 222 Å². The highest BCUT2D eigenvalue weighted by molar-refractivity contribution is 6.31. The lowest BCUT2D eigenvalue weighted by atomic mass is 9.94. The lowest BCUT2D eigenvalue weighted by Crippen LogP contribution is -2.37. The number of pyridine rings is 1. The summed E-state index contributed by atoms with van der Waals surface area (Å²) in [5.41, 5.74) is 4.01. The van der Waals surface area contributed by atoms with Crippen LogP contribution in [0.5, 0.6) is 0 Å². The summed E-state index contributed by atoms with van der Waals surface area (Å²) in [5, 5.41) is 25.0. The number of hydrogen-bond donors (Lipinski definition) is 3. The zero-order valence-corrected chi connectivity index (χ0v) is 21.7. The molecule has 6 heteroatoms. The van der Waals surface area contributed by atoms with Crippen molar-refractivity contribution >= 4 is 40.6 Å². The Balaban J connectivity index is 1.56. The number of carboxylic acid groups (broad SMARTS) is 1. The number of carboxylic acids is 1. The van der Waals surface area contributed by atoms with Crippen LogP contribution >= 0.6 is 11.6 Å². The molecule has 0 spiro atoms. The van der Waals surface area contributed by atoms with Gasteiger partial charge >= 0.3 is 5.97 Å². The third-order valence-electron chi connectivity index (χ3n) is 6.17. The molecule has 1 heterocycles. The van der Waals surface area contributed by atoms with Gasteiger partial charge < -0.3 is 15.5 Å². The Bertz CT molecular complexity index is 1430. The molecule has 0 bridgehead atoms. The molecule has 0 radical (unpaired) electrons. The van der Waals surface area contributed by atoms with E-state index in [4.69, 9.17) is 16.6 Å². The van der Waals surface area contributed by atoms with Crippen LogP contribution < -0.4 is 5.32 Å². The minimum atomic E-state index is -0.923. The number of aromatic nitrogens is 1. The highest BCUT2D eigenvalue weighted by Gasteiger charge is 2.19. The monoisotopic (exact) mass is 514 g/mol. The van der Waals surface area contributed by atoms with Gasteiger partial charge in [-0.3, -0.25) is 0 Å². The van der Waals surface area contributed by atoms with E-state index in [0.29, 0.717) is 30.0 Å². The average molecular weight is 515 g/mol. The van der Waals surface area contributed by atoms with Crippen molar-refractivity contribution in [3.63, 3.8) is 0 Å². The zero-order valence-electron chi connectivity index (χ0n) is 21.0. The maximum absolute atomic E-state index is 11.6. The molecule has 0 aliphatic carbocycles. The number of halogens is 1. The number of nitrogens with one attached hydrogen (secondary N) is 1. The van der Waals surface area contributed by atoms with Crippen molar-refractivity contribution in [1.29, 1.82) is 0 Å². The third-order valence-corrected chi connectivity index (χ3v) is 6.40. The van der Waals surface area contributed by atoms with Gasteiger partial charge in [0.05, 0.1) is 22.4 Å². The second kappa shape index (κ2) is 11.7. The molecule has 190 valence electrons. The van der Waals surface area contributed by atoms with Crippen LogP contribution in [0.25, 0.3) is 23.1 Å². The Kier molecular flexibility index (Phi) is 8.39. The largest absolute Gasteiger partial charge is 0.478 e. The summed E-state index contributed by atoms with van der Waals surface area (Å²) in [6.07, 6.45) is 5.27. The predicted octanol–water partition coefficient (Wildman–Crippen LogP) is 6.79. The van der Waals surface area contributed by atoms with Gasteiger partial charge in [0, 0.05) is 23.0 Å². The first kappa shape index (κ1) is 26.6. The van der Waals surface area contributed by atoms with Gasteiger partial charge in [-0.05, 0) is 73.7 Å². The van der Waals surface area contributed by atoms with Crippen molar-refractivity contribution in [2.45, 2.75) is 38.3 Å². The van der Waals surface area contributed by atoms with Crippen molar-refractivity contribution < 1.29 is 15.0 Å². The third kappa shape index (κ3) is 7.49. The zero-order chi connectivity index (χ0) is 26.4. The molecule has 0 saturated carbocycles. The Morgan fingerprint density at radius 3 is 2.59 bits per heavy atom. The summed E-state index contributed by atoms with van der Waals surface area (Å²) in [4.78, 5) is 16.3. The Morgan fingerprint density at radius 2 is 1.81 bits per heavy atom. The van der Waals surface area contributed by atoms with E-state index >= 15 is 0 Å². The van der Waals surface area contributed by atoms with E-state index in [1.54, 1.807) is 26.0 Å². The second-order valence-corrected chi connectivity index (χ2v) is 10.3. The molecular weight excluding hydrogens is 484 g/mol. The van der Waals surface area contributed by atoms with Gasteiger partial charge in [-0.25, -0.2) is 9.78 Å². The first-order valence-electron chi connectivity index (χ1n) is 12.3. The van der Waals surface area contributed by atoms with Crippen molar-refractivity contribution in [2.75, 3.05) is 6.54 Å². The van der Waals surface area contributed by atoms with Gasteiger partial charge in [-0.1, -0.05) is 72.3 Å². The van der Waals surface area contributed by atoms with Crippen LogP contribution in [-0.4, -0.2) is 33.3 Å². The van der Waals surface area contributed by atoms with Crippen molar-refractivity contribution in [1.82, 2.24) is 10.3 Å². The van der Waals surface area contributed by atoms with Crippen molar-refractivity contribution in [3.8, 4) is 0 Å². The van der Waals surface area contributed by atoms with Crippen LogP contribution in [0.15, 0.2) is 78.9 Å². The fraction of sp³-hybridized carbons (Fsp3) is 0.226. The molecule has 4 rings (SSSR count). The van der Waals surface area contributed by atoms with E-state index in [1.165, 1.54) is 0 Å². The molecule has 3 aromatic carbocycles. The van der Waals surface area contributed by atoms with Crippen LogP contribution in [0.2, 0.25) is 5.02 Å². The van der Waals surface area contributed by atoms with Gasteiger partial charge in [0.25, 0.3) is 0 Å². The predicted molar refractivity (Wildman–Crippen MR) is 151 cm³/mol. The molecule has 1 aromatic heterocycles. The average Bonchev–Trinajstić information content (AvgIpc) is 2.87. The highest BCUT2D eigenvalue weighted by Crippen LogP contribution is 2.24. The summed E-state index contributed by atoms with van der Waals surface area (Å²) < 4.78 is 0. The van der Waals surface area contributed by atoms with Crippen LogP contribution in [0.4, 0.5) is 0 Å². The summed E-state index contributed by atoms with van der Waals surface area (Å²) >= 11 is 6.12. The van der Waals surface area contributed by atoms with Gasteiger partial charge in [0.15, 0.2) is 0 Å². The standard InChI is InChI=1S/C31H31ClN2O3/c1-31(2,37)20-33-28(17-13-22-7-3-4-9-27(22)30(35)36)24-8-5-6-21(18-24)10-15-26-16-12-23-11-14-25(32)19-29(23)34-26/h3-12,14-16,18-19,28,33,37H,13,17,20H2,1-2H3,(H,35,36)/b15-10+. The van der Waals surface area contributed by atoms with Gasteiger partial charge in [0.1, 0.15) is 0 Å². The number of fused-ring (bicyclic) bond motifs is 1. The van der Waals surface area contributed by atoms with E-state index in [1.807, 2.05) is 66.7 Å². The molecule has 1 atom stereocenters. The molecule has 0 fully saturated rings. The summed E-state index contributed by atoms with van der Waals surface area (Å²) in [7, 11) is 0. The van der Waals surface area contributed by atoms with Crippen LogP contribution in [0.3, 0.4) is 0 Å². The number of benzene rings is 3. The van der Waals surface area contributed by atoms with E-state index < -0.39 is 11.6 Å². The Hall–Kier alpha value is -3.51. The summed E-state index contributed by atoms with van der Waals surface area (Å²) in [5.74, 6) is -0.923. The van der Waals surface area contributed by atoms with E-state index in [9.17, 15) is 15.0 Å². The van der Waals surface area contributed by atoms with Crippen LogP contribution in [0.1, 0.15) is 59.1 Å². The number of rotatable bonds is 10. The minimum absolute atomic E-state index is 0.0671. The number of hydrogen-bond acceptors (Lipinski definition) is 4. The molecule has 3 N–H and O–H groups in total. The van der Waals surface area contributed by atoms with Gasteiger partial charge in [-0.15, -0.1) is 0 Å². The van der Waals surface area contributed by atoms with E-state index in [-0.39, 0.29) is 6.04 Å². The molecular formula is C31H31ClN2O3. The summed E-state index contributed by atoms with van der Waals surface area (Å²) in [6.45, 7) is 3.93.